The molecular formula is C14H19ClN4OS. The Morgan fingerprint density at radius 3 is 2.81 bits per heavy atom. The highest BCUT2D eigenvalue weighted by molar-refractivity contribution is 7.97. The fourth-order valence-corrected chi connectivity index (χ4v) is 4.05. The Labute approximate surface area is 130 Å². The van der Waals surface area contributed by atoms with Crippen LogP contribution in [0.25, 0.3) is 11.0 Å². The first-order valence-corrected chi connectivity index (χ1v) is 9.45. The number of aromatic nitrogens is 3. The Hall–Kier alpha value is -1.11. The molecule has 7 heteroatoms. The Morgan fingerprint density at radius 1 is 1.43 bits per heavy atom. The monoisotopic (exact) mass is 326 g/mol. The predicted molar refractivity (Wildman–Crippen MR) is 88.0 cm³/mol. The van der Waals surface area contributed by atoms with Crippen molar-refractivity contribution in [1.82, 2.24) is 18.8 Å². The second-order valence-corrected chi connectivity index (χ2v) is 8.49. The van der Waals surface area contributed by atoms with Crippen molar-refractivity contribution in [1.29, 1.82) is 0 Å². The molecular weight excluding hydrogens is 308 g/mol. The molecule has 0 radical (unpaired) electrons. The van der Waals surface area contributed by atoms with Crippen molar-refractivity contribution in [2.75, 3.05) is 19.3 Å². The highest BCUT2D eigenvalue weighted by atomic mass is 35.5. The maximum Gasteiger partial charge on any atom is 0.144 e. The maximum atomic E-state index is 12.0. The topological polar surface area (TPSA) is 51.0 Å². The Balaban J connectivity index is 1.72. The largest absolute Gasteiger partial charge is 0.332 e. The molecule has 1 fully saturated rings. The molecule has 1 unspecified atom stereocenters. The molecule has 1 aliphatic rings. The minimum absolute atomic E-state index is 0.497. The van der Waals surface area contributed by atoms with E-state index in [1.807, 2.05) is 16.6 Å². The summed E-state index contributed by atoms with van der Waals surface area (Å²) < 4.78 is 16.1. The van der Waals surface area contributed by atoms with Gasteiger partial charge in [0, 0.05) is 41.8 Å². The van der Waals surface area contributed by atoms with Crippen LogP contribution in [-0.2, 0) is 16.3 Å². The zero-order valence-electron chi connectivity index (χ0n) is 12.0. The lowest BCUT2D eigenvalue weighted by molar-refractivity contribution is 0.262. The van der Waals surface area contributed by atoms with Crippen LogP contribution in [-0.4, -0.2) is 48.3 Å². The molecule has 5 nitrogen and oxygen atoms in total. The number of nitrogens with zero attached hydrogens (tertiary/aromatic N) is 4. The van der Waals surface area contributed by atoms with E-state index in [0.29, 0.717) is 11.1 Å². The van der Waals surface area contributed by atoms with E-state index >= 15 is 0 Å². The van der Waals surface area contributed by atoms with Crippen molar-refractivity contribution < 1.29 is 4.21 Å². The molecule has 3 heterocycles. The molecule has 3 rings (SSSR count). The van der Waals surface area contributed by atoms with Crippen LogP contribution in [0.4, 0.5) is 0 Å². The average molecular weight is 327 g/mol. The van der Waals surface area contributed by atoms with Gasteiger partial charge in [0.25, 0.3) is 0 Å². The van der Waals surface area contributed by atoms with E-state index in [1.54, 1.807) is 6.26 Å². The van der Waals surface area contributed by atoms with Crippen molar-refractivity contribution in [3.8, 4) is 0 Å². The van der Waals surface area contributed by atoms with Gasteiger partial charge in [0.15, 0.2) is 0 Å². The van der Waals surface area contributed by atoms with Crippen LogP contribution in [0.2, 0.25) is 5.15 Å². The van der Waals surface area contributed by atoms with Gasteiger partial charge in [0.2, 0.25) is 0 Å². The molecule has 0 aromatic carbocycles. The van der Waals surface area contributed by atoms with E-state index in [0.717, 1.165) is 43.5 Å². The molecule has 114 valence electrons. The van der Waals surface area contributed by atoms with Crippen LogP contribution in [0.15, 0.2) is 18.6 Å². The SMILES string of the molecule is C=S(C)(=O)N1CCC(Cn2ccc3c(Cl)ncnc32)CC1. The van der Waals surface area contributed by atoms with E-state index in [2.05, 4.69) is 20.4 Å². The van der Waals surface area contributed by atoms with Crippen LogP contribution in [0.5, 0.6) is 0 Å². The highest BCUT2D eigenvalue weighted by Crippen LogP contribution is 2.25. The first kappa shape index (κ1) is 14.8. The number of hydrogen-bond donors (Lipinski definition) is 0. The zero-order chi connectivity index (χ0) is 15.0. The minimum Gasteiger partial charge on any atom is -0.332 e. The van der Waals surface area contributed by atoms with Crippen LogP contribution in [0.3, 0.4) is 0 Å². The molecule has 1 atom stereocenters. The third kappa shape index (κ3) is 3.07. The fraction of sp³-hybridized carbons (Fsp3) is 0.500. The summed E-state index contributed by atoms with van der Waals surface area (Å²) >= 11 is 6.07. The molecule has 2 aromatic heterocycles. The normalized spacial score (nSPS) is 20.7. The van der Waals surface area contributed by atoms with Crippen LogP contribution >= 0.6 is 11.6 Å². The van der Waals surface area contributed by atoms with E-state index in [1.165, 1.54) is 6.33 Å². The molecule has 0 aliphatic carbocycles. The number of halogens is 1. The van der Waals surface area contributed by atoms with Crippen molar-refractivity contribution in [2.24, 2.45) is 5.92 Å². The number of piperidine rings is 1. The third-order valence-corrected chi connectivity index (χ3v) is 5.84. The summed E-state index contributed by atoms with van der Waals surface area (Å²) in [5.74, 6) is 4.32. The molecule has 0 bridgehead atoms. The van der Waals surface area contributed by atoms with Gasteiger partial charge in [0.1, 0.15) is 17.1 Å². The van der Waals surface area contributed by atoms with Gasteiger partial charge < -0.3 is 4.57 Å². The van der Waals surface area contributed by atoms with Crippen LogP contribution < -0.4 is 0 Å². The number of fused-ring (bicyclic) bond motifs is 1. The van der Waals surface area contributed by atoms with Gasteiger partial charge >= 0.3 is 0 Å². The van der Waals surface area contributed by atoms with Crippen molar-refractivity contribution in [2.45, 2.75) is 19.4 Å². The molecule has 2 aromatic rings. The quantitative estimate of drug-likeness (QED) is 0.641. The molecule has 1 saturated heterocycles. The van der Waals surface area contributed by atoms with Gasteiger partial charge in [-0.1, -0.05) is 11.6 Å². The van der Waals surface area contributed by atoms with Crippen molar-refractivity contribution >= 4 is 38.2 Å². The highest BCUT2D eigenvalue weighted by Gasteiger charge is 2.23. The van der Waals surface area contributed by atoms with Crippen molar-refractivity contribution in [3.05, 3.63) is 23.7 Å². The third-order valence-electron chi connectivity index (χ3n) is 4.08. The summed E-state index contributed by atoms with van der Waals surface area (Å²) in [6.45, 7) is 2.60. The lowest BCUT2D eigenvalue weighted by Crippen LogP contribution is -2.38. The standard InChI is InChI=1S/C14H19ClN4OS/c1-21(2,20)19-7-3-11(4-8-19)9-18-6-5-12-13(15)16-10-17-14(12)18/h5-6,10-11H,1,3-4,7-9H2,2H3. The van der Waals surface area contributed by atoms with Crippen molar-refractivity contribution in [3.63, 3.8) is 0 Å². The van der Waals surface area contributed by atoms with Gasteiger partial charge in [-0.3, -0.25) is 4.21 Å². The minimum atomic E-state index is -2.06. The van der Waals surface area contributed by atoms with Gasteiger partial charge in [0.05, 0.1) is 5.39 Å². The Kier molecular flexibility index (Phi) is 3.94. The lowest BCUT2D eigenvalue weighted by atomic mass is 9.98. The van der Waals surface area contributed by atoms with E-state index in [4.69, 9.17) is 11.6 Å². The molecule has 1 aliphatic heterocycles. The molecule has 0 spiro atoms. The summed E-state index contributed by atoms with van der Waals surface area (Å²) in [7, 11) is -2.06. The summed E-state index contributed by atoms with van der Waals surface area (Å²) in [4.78, 5) is 8.32. The lowest BCUT2D eigenvalue weighted by Gasteiger charge is -2.32. The fourth-order valence-electron chi connectivity index (χ4n) is 2.88. The summed E-state index contributed by atoms with van der Waals surface area (Å²) in [6.07, 6.45) is 7.28. The van der Waals surface area contributed by atoms with Gasteiger partial charge in [-0.25, -0.2) is 14.3 Å². The second kappa shape index (κ2) is 5.59. The van der Waals surface area contributed by atoms with E-state index in [9.17, 15) is 4.21 Å². The Morgan fingerprint density at radius 2 is 2.14 bits per heavy atom. The zero-order valence-corrected chi connectivity index (χ0v) is 13.6. The van der Waals surface area contributed by atoms with Gasteiger partial charge in [-0.15, -0.1) is 0 Å². The van der Waals surface area contributed by atoms with E-state index in [-0.39, 0.29) is 0 Å². The van der Waals surface area contributed by atoms with Crippen LogP contribution in [0, 0.1) is 5.92 Å². The molecule has 0 amide bonds. The number of hydrogen-bond acceptors (Lipinski definition) is 3. The maximum absolute atomic E-state index is 12.0. The molecule has 21 heavy (non-hydrogen) atoms. The van der Waals surface area contributed by atoms with E-state index < -0.39 is 9.71 Å². The summed E-state index contributed by atoms with van der Waals surface area (Å²) in [5.41, 5.74) is 0.883. The predicted octanol–water partition coefficient (Wildman–Crippen LogP) is 2.06. The first-order valence-electron chi connectivity index (χ1n) is 6.98. The summed E-state index contributed by atoms with van der Waals surface area (Å²) in [6, 6.07) is 1.96. The van der Waals surface area contributed by atoms with Gasteiger partial charge in [-0.2, -0.15) is 0 Å². The van der Waals surface area contributed by atoms with Crippen LogP contribution in [0.1, 0.15) is 12.8 Å². The first-order chi connectivity index (χ1) is 9.95. The molecule has 0 saturated carbocycles. The smallest absolute Gasteiger partial charge is 0.144 e. The molecule has 0 N–H and O–H groups in total. The number of rotatable bonds is 3. The second-order valence-electron chi connectivity index (χ2n) is 5.70. The summed E-state index contributed by atoms with van der Waals surface area (Å²) in [5, 5.41) is 1.39. The average Bonchev–Trinajstić information content (AvgIpc) is 2.83. The van der Waals surface area contributed by atoms with Gasteiger partial charge in [-0.05, 0) is 30.7 Å². The Bertz CT molecular complexity index is 747.